The molecule has 0 atom stereocenters. The molecule has 2 aliphatic heterocycles. The van der Waals surface area contributed by atoms with E-state index >= 15 is 0 Å². The van der Waals surface area contributed by atoms with Gasteiger partial charge in [0.15, 0.2) is 0 Å². The lowest BCUT2D eigenvalue weighted by Gasteiger charge is -2.38. The molecule has 1 saturated heterocycles. The second-order valence-corrected chi connectivity index (χ2v) is 8.27. The summed E-state index contributed by atoms with van der Waals surface area (Å²) in [5, 5.41) is 4.01. The van der Waals surface area contributed by atoms with Gasteiger partial charge in [-0.05, 0) is 32.9 Å². The number of hydrogen-bond acceptors (Lipinski definition) is 4. The Kier molecular flexibility index (Phi) is 4.77. The van der Waals surface area contributed by atoms with Crippen LogP contribution in [0.3, 0.4) is 0 Å². The molecule has 0 aromatic heterocycles. The van der Waals surface area contributed by atoms with E-state index in [4.69, 9.17) is 33.5 Å². The monoisotopic (exact) mass is 379 g/mol. The van der Waals surface area contributed by atoms with Gasteiger partial charge in [-0.1, -0.05) is 36.0 Å². The summed E-state index contributed by atoms with van der Waals surface area (Å²) in [5.41, 5.74) is 0.754. The number of ether oxygens (including phenoxy) is 1. The molecule has 0 unspecified atom stereocenters. The summed E-state index contributed by atoms with van der Waals surface area (Å²) >= 11 is 11.6. The Morgan fingerprint density at radius 1 is 1.36 bits per heavy atom. The van der Waals surface area contributed by atoms with Crippen LogP contribution >= 0.6 is 23.8 Å². The molecule has 0 aliphatic carbocycles. The molecule has 3 rings (SSSR count). The number of carbonyl (C=O) groups excluding carboxylic acids is 1. The third kappa shape index (κ3) is 4.12. The van der Waals surface area contributed by atoms with Crippen LogP contribution < -0.4 is 5.32 Å². The average molecular weight is 380 g/mol. The Labute approximate surface area is 158 Å². The van der Waals surface area contributed by atoms with Crippen molar-refractivity contribution >= 4 is 40.6 Å². The van der Waals surface area contributed by atoms with E-state index < -0.39 is 11.3 Å². The molecule has 1 aromatic carbocycles. The van der Waals surface area contributed by atoms with E-state index in [2.05, 4.69) is 5.32 Å². The summed E-state index contributed by atoms with van der Waals surface area (Å²) in [6.07, 6.45) is 1.11. The number of thiocarbonyl (C=S) groups is 1. The highest BCUT2D eigenvalue weighted by molar-refractivity contribution is 7.82. The van der Waals surface area contributed by atoms with Crippen molar-refractivity contribution < 1.29 is 9.53 Å². The zero-order chi connectivity index (χ0) is 18.2. The van der Waals surface area contributed by atoms with Gasteiger partial charge in [-0.2, -0.15) is 0 Å². The van der Waals surface area contributed by atoms with E-state index in [1.807, 2.05) is 45.0 Å². The molecule has 2 aliphatic rings. The lowest BCUT2D eigenvalue weighted by molar-refractivity contribution is 0.0165. The summed E-state index contributed by atoms with van der Waals surface area (Å²) < 4.78 is 5.44. The Hall–Kier alpha value is -1.66. The van der Waals surface area contributed by atoms with Crippen molar-refractivity contribution in [2.45, 2.75) is 44.9 Å². The van der Waals surface area contributed by atoms with Gasteiger partial charge in [-0.15, -0.1) is 0 Å². The fraction of sp³-hybridized carbons (Fsp3) is 0.500. The zero-order valence-corrected chi connectivity index (χ0v) is 16.2. The van der Waals surface area contributed by atoms with Crippen molar-refractivity contribution in [3.63, 3.8) is 0 Å². The van der Waals surface area contributed by atoms with Crippen LogP contribution in [0.1, 0.15) is 39.2 Å². The molecule has 1 spiro atoms. The average Bonchev–Trinajstić information content (AvgIpc) is 2.82. The van der Waals surface area contributed by atoms with Crippen molar-refractivity contribution in [1.29, 1.82) is 0 Å². The van der Waals surface area contributed by atoms with E-state index in [1.165, 1.54) is 0 Å². The third-order valence-corrected chi connectivity index (χ3v) is 4.76. The summed E-state index contributed by atoms with van der Waals surface area (Å²) in [6.45, 7) is 6.77. The smallest absolute Gasteiger partial charge is 0.410 e. The Balaban J connectivity index is 1.71. The number of rotatable bonds is 1. The van der Waals surface area contributed by atoms with Crippen LogP contribution in [0.25, 0.3) is 0 Å². The van der Waals surface area contributed by atoms with Crippen molar-refractivity contribution in [3.8, 4) is 0 Å². The van der Waals surface area contributed by atoms with Gasteiger partial charge < -0.3 is 15.0 Å². The van der Waals surface area contributed by atoms with Gasteiger partial charge in [0.1, 0.15) is 22.0 Å². The molecular weight excluding hydrogens is 358 g/mol. The number of carbonyl (C=O) groups is 1. The first kappa shape index (κ1) is 18.1. The van der Waals surface area contributed by atoms with Crippen LogP contribution in [0.2, 0.25) is 5.02 Å². The maximum absolute atomic E-state index is 12.2. The van der Waals surface area contributed by atoms with Crippen molar-refractivity contribution in [1.82, 2.24) is 10.2 Å². The number of hydrogen-bond donors (Lipinski definition) is 1. The van der Waals surface area contributed by atoms with Crippen LogP contribution in [0.15, 0.2) is 29.3 Å². The van der Waals surface area contributed by atoms with E-state index in [0.717, 1.165) is 11.3 Å². The van der Waals surface area contributed by atoms with E-state index in [9.17, 15) is 4.79 Å². The number of nitrogens with one attached hydrogen (secondary N) is 1. The number of amides is 1. The molecule has 0 bridgehead atoms. The first-order chi connectivity index (χ1) is 11.7. The van der Waals surface area contributed by atoms with Crippen LogP contribution in [0.4, 0.5) is 4.79 Å². The maximum atomic E-state index is 12.2. The molecule has 5 nitrogen and oxygen atoms in total. The van der Waals surface area contributed by atoms with Crippen molar-refractivity contribution in [2.75, 3.05) is 13.1 Å². The fourth-order valence-electron chi connectivity index (χ4n) is 3.02. The van der Waals surface area contributed by atoms with Gasteiger partial charge in [0.2, 0.25) is 0 Å². The fourth-order valence-corrected chi connectivity index (χ4v) is 3.56. The highest BCUT2D eigenvalue weighted by Gasteiger charge is 2.42. The van der Waals surface area contributed by atoms with E-state index in [1.54, 1.807) is 4.90 Å². The molecule has 1 amide bonds. The number of likely N-dealkylation sites (tertiary alicyclic amines) is 1. The molecule has 134 valence electrons. The molecule has 2 heterocycles. The van der Waals surface area contributed by atoms with Crippen LogP contribution in [0.5, 0.6) is 0 Å². The second kappa shape index (κ2) is 6.57. The Morgan fingerprint density at radius 2 is 2.04 bits per heavy atom. The summed E-state index contributed by atoms with van der Waals surface area (Å²) in [6, 6.07) is 7.53. The SMILES string of the molecule is CC(C)(C)OC(=O)N1CCC2(CC1)N=C(c1cccc(Cl)c1)C(=S)N2. The number of piperidine rings is 1. The number of aliphatic imine (C=N–C) groups is 1. The van der Waals surface area contributed by atoms with Gasteiger partial charge in [-0.3, -0.25) is 4.99 Å². The molecule has 1 N–H and O–H groups in total. The largest absolute Gasteiger partial charge is 0.444 e. The van der Waals surface area contributed by atoms with Gasteiger partial charge in [0.25, 0.3) is 0 Å². The lowest BCUT2D eigenvalue weighted by Crippen LogP contribution is -2.52. The number of benzene rings is 1. The molecule has 0 saturated carbocycles. The molecule has 0 radical (unpaired) electrons. The first-order valence-corrected chi connectivity index (χ1v) is 9.12. The maximum Gasteiger partial charge on any atom is 0.410 e. The third-order valence-electron chi connectivity index (χ3n) is 4.23. The molecular formula is C18H22ClN3O2S. The minimum atomic E-state index is -0.489. The van der Waals surface area contributed by atoms with Crippen LogP contribution in [-0.4, -0.2) is 46.0 Å². The minimum absolute atomic E-state index is 0.276. The first-order valence-electron chi connectivity index (χ1n) is 8.34. The van der Waals surface area contributed by atoms with Crippen LogP contribution in [-0.2, 0) is 4.74 Å². The minimum Gasteiger partial charge on any atom is -0.444 e. The van der Waals surface area contributed by atoms with E-state index in [0.29, 0.717) is 35.9 Å². The van der Waals surface area contributed by atoms with Crippen molar-refractivity contribution in [3.05, 3.63) is 34.9 Å². The highest BCUT2D eigenvalue weighted by Crippen LogP contribution is 2.30. The Morgan fingerprint density at radius 3 is 2.64 bits per heavy atom. The molecule has 25 heavy (non-hydrogen) atoms. The number of nitrogens with zero attached hydrogens (tertiary/aromatic N) is 2. The van der Waals surface area contributed by atoms with Crippen LogP contribution in [0, 0.1) is 0 Å². The van der Waals surface area contributed by atoms with E-state index in [-0.39, 0.29) is 6.09 Å². The van der Waals surface area contributed by atoms with Gasteiger partial charge in [0.05, 0.1) is 0 Å². The second-order valence-electron chi connectivity index (χ2n) is 7.42. The Bertz CT molecular complexity index is 734. The summed E-state index contributed by atoms with van der Waals surface area (Å²) in [7, 11) is 0. The topological polar surface area (TPSA) is 53.9 Å². The molecule has 1 fully saturated rings. The predicted molar refractivity (Wildman–Crippen MR) is 103 cm³/mol. The van der Waals surface area contributed by atoms with Gasteiger partial charge in [0, 0.05) is 36.5 Å². The normalized spacial score (nSPS) is 19.6. The van der Waals surface area contributed by atoms with Crippen molar-refractivity contribution in [2.24, 2.45) is 4.99 Å². The lowest BCUT2D eigenvalue weighted by atomic mass is 9.98. The van der Waals surface area contributed by atoms with Gasteiger partial charge in [-0.25, -0.2) is 4.79 Å². The summed E-state index contributed by atoms with van der Waals surface area (Å²) in [5.74, 6) is 0. The molecule has 1 aromatic rings. The number of halogens is 1. The van der Waals surface area contributed by atoms with Gasteiger partial charge >= 0.3 is 6.09 Å². The summed E-state index contributed by atoms with van der Waals surface area (Å²) in [4.78, 5) is 19.4. The molecule has 7 heteroatoms. The quantitative estimate of drug-likeness (QED) is 0.754. The zero-order valence-electron chi connectivity index (χ0n) is 14.6. The highest BCUT2D eigenvalue weighted by atomic mass is 35.5. The standard InChI is InChI=1S/C18H22ClN3O2S/c1-17(2,3)24-16(23)22-9-7-18(8-10-22)20-14(15(25)21-18)12-5-4-6-13(19)11-12/h4-6,11H,7-10H2,1-3H3,(H,21,25). The predicted octanol–water partition coefficient (Wildman–Crippen LogP) is 3.79.